The second-order valence-corrected chi connectivity index (χ2v) is 7.36. The lowest BCUT2D eigenvalue weighted by Gasteiger charge is -2.11. The lowest BCUT2D eigenvalue weighted by molar-refractivity contribution is 0.123. The normalized spacial score (nSPS) is 14.3. The van der Waals surface area contributed by atoms with E-state index in [4.69, 9.17) is 4.74 Å². The SMILES string of the molecule is CCNC(=NCc1ccc(-n2nc(C)cc2C)nc1)NCCCOCC1CC1. The Morgan fingerprint density at radius 3 is 2.79 bits per heavy atom. The van der Waals surface area contributed by atoms with Crippen LogP contribution in [0, 0.1) is 19.8 Å². The molecule has 0 spiro atoms. The Morgan fingerprint density at radius 1 is 1.29 bits per heavy atom. The van der Waals surface area contributed by atoms with Gasteiger partial charge in [-0.05, 0) is 63.6 Å². The molecule has 2 aromatic heterocycles. The van der Waals surface area contributed by atoms with Gasteiger partial charge >= 0.3 is 0 Å². The molecule has 7 nitrogen and oxygen atoms in total. The molecule has 0 radical (unpaired) electrons. The van der Waals surface area contributed by atoms with Gasteiger partial charge in [0.15, 0.2) is 11.8 Å². The molecule has 2 aromatic rings. The maximum atomic E-state index is 5.67. The van der Waals surface area contributed by atoms with Crippen molar-refractivity contribution in [1.82, 2.24) is 25.4 Å². The summed E-state index contributed by atoms with van der Waals surface area (Å²) in [5.74, 6) is 2.48. The molecule has 1 aliphatic rings. The number of aromatic nitrogens is 3. The number of guanidine groups is 1. The van der Waals surface area contributed by atoms with Crippen LogP contribution in [-0.4, -0.2) is 47.0 Å². The molecule has 152 valence electrons. The van der Waals surface area contributed by atoms with Gasteiger partial charge in [-0.15, -0.1) is 0 Å². The second-order valence-electron chi connectivity index (χ2n) is 7.36. The van der Waals surface area contributed by atoms with E-state index in [1.165, 1.54) is 12.8 Å². The molecule has 2 N–H and O–H groups in total. The fourth-order valence-electron chi connectivity index (χ4n) is 2.92. The van der Waals surface area contributed by atoms with Gasteiger partial charge in [0.25, 0.3) is 0 Å². The average Bonchev–Trinajstić information content (AvgIpc) is 3.45. The largest absolute Gasteiger partial charge is 0.381 e. The lowest BCUT2D eigenvalue weighted by Crippen LogP contribution is -2.38. The first kappa shape index (κ1) is 20.3. The fourth-order valence-corrected chi connectivity index (χ4v) is 2.92. The van der Waals surface area contributed by atoms with E-state index in [0.717, 1.165) is 67.4 Å². The van der Waals surface area contributed by atoms with Crippen molar-refractivity contribution in [2.45, 2.75) is 46.6 Å². The summed E-state index contributed by atoms with van der Waals surface area (Å²) in [5.41, 5.74) is 3.14. The van der Waals surface area contributed by atoms with Gasteiger partial charge in [-0.2, -0.15) is 5.10 Å². The van der Waals surface area contributed by atoms with Crippen LogP contribution in [0.3, 0.4) is 0 Å². The van der Waals surface area contributed by atoms with Gasteiger partial charge in [-0.3, -0.25) is 0 Å². The Balaban J connectivity index is 1.46. The highest BCUT2D eigenvalue weighted by Gasteiger charge is 2.20. The topological polar surface area (TPSA) is 76.4 Å². The van der Waals surface area contributed by atoms with Crippen LogP contribution < -0.4 is 10.6 Å². The van der Waals surface area contributed by atoms with E-state index < -0.39 is 0 Å². The van der Waals surface area contributed by atoms with Crippen LogP contribution in [0.2, 0.25) is 0 Å². The third-order valence-electron chi connectivity index (χ3n) is 4.61. The molecule has 1 saturated carbocycles. The predicted octanol–water partition coefficient (Wildman–Crippen LogP) is 2.76. The maximum absolute atomic E-state index is 5.67. The summed E-state index contributed by atoms with van der Waals surface area (Å²) in [5, 5.41) is 11.1. The van der Waals surface area contributed by atoms with E-state index in [1.807, 2.05) is 36.9 Å². The number of hydrogen-bond donors (Lipinski definition) is 2. The zero-order valence-corrected chi connectivity index (χ0v) is 17.2. The highest BCUT2D eigenvalue weighted by molar-refractivity contribution is 5.79. The number of aliphatic imine (C=N–C) groups is 1. The van der Waals surface area contributed by atoms with Gasteiger partial charge in [-0.25, -0.2) is 14.7 Å². The zero-order valence-electron chi connectivity index (χ0n) is 17.2. The van der Waals surface area contributed by atoms with Crippen molar-refractivity contribution in [2.75, 3.05) is 26.3 Å². The fraction of sp³-hybridized carbons (Fsp3) is 0.571. The summed E-state index contributed by atoms with van der Waals surface area (Å²) in [6, 6.07) is 6.09. The zero-order chi connectivity index (χ0) is 19.8. The monoisotopic (exact) mass is 384 g/mol. The molecule has 0 saturated heterocycles. The number of nitrogens with one attached hydrogen (secondary N) is 2. The van der Waals surface area contributed by atoms with Gasteiger partial charge in [0.05, 0.1) is 12.2 Å². The minimum atomic E-state index is 0.581. The van der Waals surface area contributed by atoms with Crippen LogP contribution >= 0.6 is 0 Å². The first-order chi connectivity index (χ1) is 13.7. The molecule has 0 aliphatic heterocycles. The van der Waals surface area contributed by atoms with Crippen molar-refractivity contribution < 1.29 is 4.74 Å². The van der Waals surface area contributed by atoms with Crippen LogP contribution in [0.4, 0.5) is 0 Å². The van der Waals surface area contributed by atoms with E-state index in [1.54, 1.807) is 0 Å². The predicted molar refractivity (Wildman–Crippen MR) is 112 cm³/mol. The second kappa shape index (κ2) is 10.2. The summed E-state index contributed by atoms with van der Waals surface area (Å²) in [6.45, 7) is 10.1. The van der Waals surface area contributed by atoms with Gasteiger partial charge in [0.2, 0.25) is 0 Å². The molecule has 0 atom stereocenters. The van der Waals surface area contributed by atoms with E-state index in [-0.39, 0.29) is 0 Å². The van der Waals surface area contributed by atoms with Crippen molar-refractivity contribution in [3.8, 4) is 5.82 Å². The Hall–Kier alpha value is -2.41. The molecule has 1 fully saturated rings. The number of aryl methyl sites for hydroxylation is 2. The first-order valence-corrected chi connectivity index (χ1v) is 10.2. The molecular formula is C21H32N6O. The summed E-state index contributed by atoms with van der Waals surface area (Å²) in [7, 11) is 0. The van der Waals surface area contributed by atoms with E-state index in [0.29, 0.717) is 6.54 Å². The van der Waals surface area contributed by atoms with Crippen LogP contribution in [0.15, 0.2) is 29.4 Å². The third-order valence-corrected chi connectivity index (χ3v) is 4.61. The maximum Gasteiger partial charge on any atom is 0.191 e. The first-order valence-electron chi connectivity index (χ1n) is 10.2. The minimum Gasteiger partial charge on any atom is -0.381 e. The quantitative estimate of drug-likeness (QED) is 0.374. The molecule has 0 unspecified atom stereocenters. The van der Waals surface area contributed by atoms with E-state index in [2.05, 4.69) is 38.7 Å². The Kier molecular flexibility index (Phi) is 7.42. The van der Waals surface area contributed by atoms with Crippen LogP contribution in [0.1, 0.15) is 43.1 Å². The summed E-state index contributed by atoms with van der Waals surface area (Å²) < 4.78 is 7.53. The molecule has 0 bridgehead atoms. The Morgan fingerprint density at radius 2 is 2.14 bits per heavy atom. The van der Waals surface area contributed by atoms with Gasteiger partial charge in [0, 0.05) is 38.2 Å². The Labute approximate surface area is 167 Å². The number of hydrogen-bond acceptors (Lipinski definition) is 4. The number of ether oxygens (including phenoxy) is 1. The summed E-state index contributed by atoms with van der Waals surface area (Å²) >= 11 is 0. The van der Waals surface area contributed by atoms with Crippen LogP contribution in [-0.2, 0) is 11.3 Å². The van der Waals surface area contributed by atoms with E-state index >= 15 is 0 Å². The number of nitrogens with zero attached hydrogens (tertiary/aromatic N) is 4. The molecule has 0 amide bonds. The average molecular weight is 385 g/mol. The lowest BCUT2D eigenvalue weighted by atomic mass is 10.3. The van der Waals surface area contributed by atoms with Gasteiger partial charge in [0.1, 0.15) is 0 Å². The summed E-state index contributed by atoms with van der Waals surface area (Å²) in [4.78, 5) is 9.19. The molecule has 28 heavy (non-hydrogen) atoms. The smallest absolute Gasteiger partial charge is 0.191 e. The molecule has 7 heteroatoms. The van der Waals surface area contributed by atoms with Crippen molar-refractivity contribution in [1.29, 1.82) is 0 Å². The highest BCUT2D eigenvalue weighted by atomic mass is 16.5. The van der Waals surface area contributed by atoms with Crippen molar-refractivity contribution in [2.24, 2.45) is 10.9 Å². The molecule has 2 heterocycles. The molecular weight excluding hydrogens is 352 g/mol. The van der Waals surface area contributed by atoms with Gasteiger partial charge in [-0.1, -0.05) is 6.07 Å². The van der Waals surface area contributed by atoms with Crippen molar-refractivity contribution >= 4 is 5.96 Å². The molecule has 0 aromatic carbocycles. The highest BCUT2D eigenvalue weighted by Crippen LogP contribution is 2.28. The standard InChI is InChI=1S/C21H32N6O/c1-4-22-21(23-10-5-11-28-15-18-6-7-18)25-14-19-8-9-20(24-13-19)27-17(3)12-16(2)26-27/h8-9,12-13,18H,4-7,10-11,14-15H2,1-3H3,(H2,22,23,25). The van der Waals surface area contributed by atoms with Crippen molar-refractivity contribution in [3.63, 3.8) is 0 Å². The van der Waals surface area contributed by atoms with Crippen LogP contribution in [0.5, 0.6) is 0 Å². The molecule has 1 aliphatic carbocycles. The van der Waals surface area contributed by atoms with Crippen LogP contribution in [0.25, 0.3) is 5.82 Å². The van der Waals surface area contributed by atoms with E-state index in [9.17, 15) is 0 Å². The minimum absolute atomic E-state index is 0.581. The molecule has 3 rings (SSSR count). The third kappa shape index (κ3) is 6.34. The summed E-state index contributed by atoms with van der Waals surface area (Å²) in [6.07, 6.45) is 5.53. The number of pyridine rings is 1. The Bertz CT molecular complexity index is 764. The number of rotatable bonds is 10. The van der Waals surface area contributed by atoms with Gasteiger partial charge < -0.3 is 15.4 Å². The van der Waals surface area contributed by atoms with Crippen molar-refractivity contribution in [3.05, 3.63) is 41.3 Å².